The Labute approximate surface area is 162 Å². The summed E-state index contributed by atoms with van der Waals surface area (Å²) < 4.78 is 0. The number of rotatable bonds is 4. The maximum atomic E-state index is 3.39. The van der Waals surface area contributed by atoms with E-state index in [4.69, 9.17) is 0 Å². The Balaban J connectivity index is 0.00000176. The third kappa shape index (κ3) is 4.06. The van der Waals surface area contributed by atoms with Gasteiger partial charge in [-0.3, -0.25) is 0 Å². The van der Waals surface area contributed by atoms with Crippen LogP contribution in [0.25, 0.3) is 0 Å². The molecule has 0 bridgehead atoms. The lowest BCUT2D eigenvalue weighted by atomic mass is 10.4. The van der Waals surface area contributed by atoms with Gasteiger partial charge in [0.25, 0.3) is 0 Å². The largest absolute Gasteiger partial charge is 1.00 e. The molecule has 0 atom stereocenters. The zero-order chi connectivity index (χ0) is 14.5. The van der Waals surface area contributed by atoms with Crippen LogP contribution in [0.1, 0.15) is 5.69 Å². The van der Waals surface area contributed by atoms with Crippen LogP contribution in [0, 0.1) is 0 Å². The Morgan fingerprint density at radius 1 is 0.727 bits per heavy atom. The van der Waals surface area contributed by atoms with Gasteiger partial charge < -0.3 is 24.0 Å². The van der Waals surface area contributed by atoms with Crippen LogP contribution in [-0.4, -0.2) is 0 Å². The maximum Gasteiger partial charge on any atom is 0.218 e. The van der Waals surface area contributed by atoms with Crippen molar-refractivity contribution in [3.63, 3.8) is 0 Å². The molecule has 0 aliphatic carbocycles. The molecule has 2 aromatic carbocycles. The van der Waals surface area contributed by atoms with E-state index in [9.17, 15) is 0 Å². The Bertz CT molecular complexity index is 651. The molecule has 1 aromatic heterocycles. The molecule has 0 saturated carbocycles. The first-order chi connectivity index (χ1) is 10.3. The first-order valence-corrected chi connectivity index (χ1v) is 11.7. The normalized spacial score (nSPS) is 10.8. The minimum atomic E-state index is -1.46. The van der Waals surface area contributed by atoms with E-state index in [-0.39, 0.29) is 24.0 Å². The number of H-pyrrole nitrogens is 1. The Hall–Kier alpha value is -0.520. The molecule has 1 heterocycles. The number of benzene rings is 2. The minimum absolute atomic E-state index is 0. The van der Waals surface area contributed by atoms with Crippen molar-refractivity contribution in [2.75, 3.05) is 0 Å². The van der Waals surface area contributed by atoms with Crippen LogP contribution in [0.3, 0.4) is 0 Å². The lowest BCUT2D eigenvalue weighted by Gasteiger charge is -2.18. The van der Waals surface area contributed by atoms with Crippen LogP contribution in [0.5, 0.6) is 0 Å². The van der Waals surface area contributed by atoms with E-state index in [0.29, 0.717) is 0 Å². The zero-order valence-electron chi connectivity index (χ0n) is 12.0. The van der Waals surface area contributed by atoms with E-state index in [1.54, 1.807) is 0 Å². The summed E-state index contributed by atoms with van der Waals surface area (Å²) in [7, 11) is 0. The molecule has 0 aliphatic rings. The van der Waals surface area contributed by atoms with Crippen molar-refractivity contribution < 1.29 is 29.0 Å². The number of hydrogen-bond acceptors (Lipinski definition) is 0. The molecule has 0 aliphatic heterocycles. The minimum Gasteiger partial charge on any atom is -1.00 e. The Morgan fingerprint density at radius 3 is 1.68 bits per heavy atom. The number of hydrogen-bond donors (Lipinski definition) is 0. The van der Waals surface area contributed by atoms with Crippen molar-refractivity contribution in [3.05, 3.63) is 90.8 Å². The van der Waals surface area contributed by atoms with Gasteiger partial charge in [0.15, 0.2) is 39.3 Å². The average Bonchev–Trinajstić information content (AvgIpc) is 2.57. The number of aromatic nitrogens is 1. The summed E-state index contributed by atoms with van der Waals surface area (Å²) in [4.78, 5) is 1.93. The highest BCUT2D eigenvalue weighted by atomic mass is 127. The molecule has 0 fully saturated rings. The molecular formula is C18H17I2NP+. The zero-order valence-corrected chi connectivity index (χ0v) is 17.2. The van der Waals surface area contributed by atoms with Crippen molar-refractivity contribution in [3.8, 4) is 0 Å². The number of aromatic amines is 1. The fourth-order valence-electron chi connectivity index (χ4n) is 2.42. The summed E-state index contributed by atoms with van der Waals surface area (Å²) in [6.45, 7) is 0. The van der Waals surface area contributed by atoms with E-state index in [1.807, 2.05) is 12.3 Å². The number of nitrogens with one attached hydrogen (secondary N) is 1. The molecule has 112 valence electrons. The molecule has 0 spiro atoms. The third-order valence-electron chi connectivity index (χ3n) is 3.49. The molecule has 0 radical (unpaired) electrons. The first kappa shape index (κ1) is 17.8. The second kappa shape index (κ2) is 8.37. The predicted octanol–water partition coefficient (Wildman–Crippen LogP) is 1.02. The average molecular weight is 532 g/mol. The summed E-state index contributed by atoms with van der Waals surface area (Å²) in [6, 6.07) is 28.1. The molecular weight excluding hydrogens is 515 g/mol. The number of halogens is 2. The highest BCUT2D eigenvalue weighted by Gasteiger charge is 2.42. The van der Waals surface area contributed by atoms with Gasteiger partial charge in [0.05, 0.1) is 0 Å². The van der Waals surface area contributed by atoms with E-state index in [2.05, 4.69) is 99.8 Å². The van der Waals surface area contributed by atoms with Crippen LogP contribution >= 0.6 is 26.9 Å². The molecule has 4 heteroatoms. The van der Waals surface area contributed by atoms with Crippen LogP contribution in [0.15, 0.2) is 85.1 Å². The fraction of sp³-hybridized carbons (Fsp3) is 0.0556. The first-order valence-electron chi connectivity index (χ1n) is 6.93. The van der Waals surface area contributed by atoms with Gasteiger partial charge in [0.2, 0.25) is 5.69 Å². The smallest absolute Gasteiger partial charge is 0.218 e. The van der Waals surface area contributed by atoms with Crippen molar-refractivity contribution in [1.29, 1.82) is 0 Å². The summed E-state index contributed by atoms with van der Waals surface area (Å²) in [5.74, 6) is 0. The SMILES string of the molecule is I[P+](Cc1cccc[nH+]1)(c1ccccc1)c1ccccc1.[I-]. The van der Waals surface area contributed by atoms with E-state index >= 15 is 0 Å². The standard InChI is InChI=1S/C18H16INP.HI/c19-21(17-10-3-1-4-11-17,18-12-5-2-6-13-18)15-16-9-7-8-14-20-16;/h1-14H,15H2;1H/q+1;. The van der Waals surface area contributed by atoms with E-state index < -0.39 is 4.90 Å². The van der Waals surface area contributed by atoms with Gasteiger partial charge in [-0.25, -0.2) is 4.98 Å². The van der Waals surface area contributed by atoms with Gasteiger partial charge in [0.1, 0.15) is 10.6 Å². The summed E-state index contributed by atoms with van der Waals surface area (Å²) in [5, 5.41) is 2.88. The van der Waals surface area contributed by atoms with Crippen molar-refractivity contribution in [2.24, 2.45) is 0 Å². The second-order valence-electron chi connectivity index (χ2n) is 4.93. The Kier molecular flexibility index (Phi) is 6.78. The predicted molar refractivity (Wildman–Crippen MR) is 99.8 cm³/mol. The molecule has 3 aromatic rings. The van der Waals surface area contributed by atoms with Gasteiger partial charge in [-0.15, -0.1) is 0 Å². The van der Waals surface area contributed by atoms with Crippen molar-refractivity contribution in [2.45, 2.75) is 6.16 Å². The third-order valence-corrected chi connectivity index (χ3v) is 10.9. The highest BCUT2D eigenvalue weighted by Crippen LogP contribution is 2.66. The molecule has 1 nitrogen and oxygen atoms in total. The van der Waals surface area contributed by atoms with Crippen LogP contribution in [0.2, 0.25) is 0 Å². The van der Waals surface area contributed by atoms with Crippen LogP contribution < -0.4 is 39.6 Å². The lowest BCUT2D eigenvalue weighted by Crippen LogP contribution is -3.00. The quantitative estimate of drug-likeness (QED) is 0.353. The van der Waals surface area contributed by atoms with Gasteiger partial charge in [-0.05, 0) is 30.3 Å². The second-order valence-corrected chi connectivity index (χ2v) is 12.7. The Morgan fingerprint density at radius 2 is 1.23 bits per heavy atom. The summed E-state index contributed by atoms with van der Waals surface area (Å²) in [5.41, 5.74) is 1.29. The highest BCUT2D eigenvalue weighted by molar-refractivity contribution is 14.2. The van der Waals surface area contributed by atoms with Gasteiger partial charge >= 0.3 is 0 Å². The molecule has 1 N–H and O–H groups in total. The number of pyridine rings is 1. The summed E-state index contributed by atoms with van der Waals surface area (Å²) >= 11 is 2.70. The molecule has 0 unspecified atom stereocenters. The van der Waals surface area contributed by atoms with Gasteiger partial charge in [-0.1, -0.05) is 36.4 Å². The lowest BCUT2D eigenvalue weighted by molar-refractivity contribution is -0.388. The maximum absolute atomic E-state index is 3.39. The van der Waals surface area contributed by atoms with Crippen molar-refractivity contribution in [1.82, 2.24) is 0 Å². The molecule has 0 amide bonds. The van der Waals surface area contributed by atoms with E-state index in [1.165, 1.54) is 16.3 Å². The van der Waals surface area contributed by atoms with Gasteiger partial charge in [-0.2, -0.15) is 0 Å². The van der Waals surface area contributed by atoms with Crippen LogP contribution in [0.4, 0.5) is 0 Å². The van der Waals surface area contributed by atoms with Crippen LogP contribution in [-0.2, 0) is 6.16 Å². The molecule has 22 heavy (non-hydrogen) atoms. The van der Waals surface area contributed by atoms with E-state index in [0.717, 1.165) is 6.16 Å². The fourth-order valence-corrected chi connectivity index (χ4v) is 8.07. The molecule has 0 saturated heterocycles. The summed E-state index contributed by atoms with van der Waals surface area (Å²) in [6.07, 6.45) is 3.05. The van der Waals surface area contributed by atoms with Gasteiger partial charge in [0, 0.05) is 12.1 Å². The monoisotopic (exact) mass is 532 g/mol. The van der Waals surface area contributed by atoms with Crippen molar-refractivity contribution >= 4 is 37.6 Å². The topological polar surface area (TPSA) is 14.1 Å². The molecule has 3 rings (SSSR count).